The molecule has 2 aromatic carbocycles. The Morgan fingerprint density at radius 1 is 1.00 bits per heavy atom. The number of hydrogen-bond acceptors (Lipinski definition) is 6. The lowest BCUT2D eigenvalue weighted by Crippen LogP contribution is -2.15. The van der Waals surface area contributed by atoms with Gasteiger partial charge in [0.25, 0.3) is 5.91 Å². The van der Waals surface area contributed by atoms with Crippen LogP contribution in [0.15, 0.2) is 54.9 Å². The van der Waals surface area contributed by atoms with Crippen LogP contribution in [0.1, 0.15) is 21.6 Å². The van der Waals surface area contributed by atoms with Crippen molar-refractivity contribution in [1.29, 1.82) is 0 Å². The van der Waals surface area contributed by atoms with E-state index in [0.29, 0.717) is 23.9 Å². The second-order valence-electron chi connectivity index (χ2n) is 6.48. The van der Waals surface area contributed by atoms with Crippen molar-refractivity contribution in [3.05, 3.63) is 71.7 Å². The van der Waals surface area contributed by atoms with Crippen molar-refractivity contribution in [3.8, 4) is 11.5 Å². The van der Waals surface area contributed by atoms with Crippen LogP contribution in [0.4, 0.5) is 11.5 Å². The van der Waals surface area contributed by atoms with Gasteiger partial charge in [-0.1, -0.05) is 18.2 Å². The normalized spacial score (nSPS) is 10.3. The Balaban J connectivity index is 1.53. The van der Waals surface area contributed by atoms with Crippen LogP contribution in [0.5, 0.6) is 11.5 Å². The number of benzene rings is 2. The van der Waals surface area contributed by atoms with Gasteiger partial charge >= 0.3 is 0 Å². The van der Waals surface area contributed by atoms with Crippen molar-refractivity contribution in [2.45, 2.75) is 13.3 Å². The van der Waals surface area contributed by atoms with Gasteiger partial charge in [-0.2, -0.15) is 0 Å². The molecule has 3 aromatic rings. The number of methoxy groups -OCH3 is 2. The maximum atomic E-state index is 12.3. The zero-order valence-electron chi connectivity index (χ0n) is 16.7. The molecule has 0 aliphatic heterocycles. The Kier molecular flexibility index (Phi) is 6.63. The van der Waals surface area contributed by atoms with E-state index in [4.69, 9.17) is 9.47 Å². The lowest BCUT2D eigenvalue weighted by molar-refractivity contribution is 0.102. The quantitative estimate of drug-likeness (QED) is 0.608. The van der Waals surface area contributed by atoms with Crippen molar-refractivity contribution in [2.24, 2.45) is 0 Å². The molecule has 7 heteroatoms. The van der Waals surface area contributed by atoms with Crippen LogP contribution in [0.25, 0.3) is 0 Å². The van der Waals surface area contributed by atoms with Crippen LogP contribution < -0.4 is 20.1 Å². The van der Waals surface area contributed by atoms with Gasteiger partial charge in [-0.15, -0.1) is 0 Å². The van der Waals surface area contributed by atoms with Gasteiger partial charge in [0.15, 0.2) is 11.5 Å². The third-order valence-electron chi connectivity index (χ3n) is 4.33. The van der Waals surface area contributed by atoms with E-state index in [1.807, 2.05) is 49.4 Å². The van der Waals surface area contributed by atoms with E-state index in [9.17, 15) is 4.79 Å². The predicted octanol–water partition coefficient (Wildman–Crippen LogP) is 3.71. The first kappa shape index (κ1) is 20.1. The molecule has 0 radical (unpaired) electrons. The van der Waals surface area contributed by atoms with E-state index in [-0.39, 0.29) is 11.6 Å². The number of nitrogens with one attached hydrogen (secondary N) is 2. The van der Waals surface area contributed by atoms with E-state index in [2.05, 4.69) is 20.6 Å². The summed E-state index contributed by atoms with van der Waals surface area (Å²) in [4.78, 5) is 20.8. The Morgan fingerprint density at radius 2 is 1.83 bits per heavy atom. The summed E-state index contributed by atoms with van der Waals surface area (Å²) in [6.07, 6.45) is 3.79. The molecule has 0 fully saturated rings. The lowest BCUT2D eigenvalue weighted by atomic mass is 10.1. The van der Waals surface area contributed by atoms with E-state index in [1.54, 1.807) is 20.4 Å². The Labute approximate surface area is 170 Å². The Morgan fingerprint density at radius 3 is 2.52 bits per heavy atom. The highest BCUT2D eigenvalue weighted by Gasteiger charge is 2.09. The van der Waals surface area contributed by atoms with Gasteiger partial charge in [-0.25, -0.2) is 9.97 Å². The standard InChI is InChI=1S/C22H24N4O3/c1-15-5-4-6-17(11-15)26-22(27)18-13-25-21(14-24-18)23-10-9-16-7-8-19(28-2)20(12-16)29-3/h4-8,11-14H,9-10H2,1-3H3,(H,23,25)(H,26,27). The summed E-state index contributed by atoms with van der Waals surface area (Å²) in [6.45, 7) is 2.64. The first-order valence-electron chi connectivity index (χ1n) is 9.24. The molecule has 2 N–H and O–H groups in total. The van der Waals surface area contributed by atoms with Gasteiger partial charge in [0.1, 0.15) is 11.5 Å². The number of carbonyl (C=O) groups is 1. The molecule has 0 spiro atoms. The van der Waals surface area contributed by atoms with Crippen molar-refractivity contribution in [2.75, 3.05) is 31.4 Å². The number of aromatic nitrogens is 2. The molecular weight excluding hydrogens is 368 g/mol. The fourth-order valence-electron chi connectivity index (χ4n) is 2.83. The number of carbonyl (C=O) groups excluding carboxylic acids is 1. The average molecular weight is 392 g/mol. The number of nitrogens with zero attached hydrogens (tertiary/aromatic N) is 2. The van der Waals surface area contributed by atoms with Crippen molar-refractivity contribution in [3.63, 3.8) is 0 Å². The van der Waals surface area contributed by atoms with Crippen molar-refractivity contribution in [1.82, 2.24) is 9.97 Å². The molecule has 7 nitrogen and oxygen atoms in total. The number of rotatable bonds is 8. The van der Waals surface area contributed by atoms with Gasteiger partial charge in [0.05, 0.1) is 26.6 Å². The van der Waals surface area contributed by atoms with E-state index >= 15 is 0 Å². The van der Waals surface area contributed by atoms with Crippen LogP contribution in [0.2, 0.25) is 0 Å². The molecule has 0 saturated heterocycles. The van der Waals surface area contributed by atoms with Crippen molar-refractivity contribution >= 4 is 17.4 Å². The number of ether oxygens (including phenoxy) is 2. The maximum absolute atomic E-state index is 12.3. The molecule has 0 atom stereocenters. The van der Waals surface area contributed by atoms with Crippen LogP contribution in [0.3, 0.4) is 0 Å². The van der Waals surface area contributed by atoms with Gasteiger partial charge in [0, 0.05) is 12.2 Å². The maximum Gasteiger partial charge on any atom is 0.275 e. The summed E-state index contributed by atoms with van der Waals surface area (Å²) in [6, 6.07) is 13.4. The molecule has 1 aromatic heterocycles. The molecule has 0 aliphatic carbocycles. The monoisotopic (exact) mass is 392 g/mol. The van der Waals surface area contributed by atoms with Crippen LogP contribution in [0, 0.1) is 6.92 Å². The van der Waals surface area contributed by atoms with Gasteiger partial charge in [-0.05, 0) is 48.7 Å². The fraction of sp³-hybridized carbons (Fsp3) is 0.227. The Hall–Kier alpha value is -3.61. The molecular formula is C22H24N4O3. The number of amides is 1. The third kappa shape index (κ3) is 5.44. The summed E-state index contributed by atoms with van der Waals surface area (Å²) in [5.74, 6) is 1.72. The summed E-state index contributed by atoms with van der Waals surface area (Å²) < 4.78 is 10.6. The minimum Gasteiger partial charge on any atom is -0.493 e. The minimum absolute atomic E-state index is 0.261. The van der Waals surface area contributed by atoms with Gasteiger partial charge in [0.2, 0.25) is 0 Å². The highest BCUT2D eigenvalue weighted by atomic mass is 16.5. The number of hydrogen-bond donors (Lipinski definition) is 2. The molecule has 1 heterocycles. The number of anilines is 2. The fourth-order valence-corrected chi connectivity index (χ4v) is 2.83. The van der Waals surface area contributed by atoms with Gasteiger partial charge in [-0.3, -0.25) is 4.79 Å². The lowest BCUT2D eigenvalue weighted by Gasteiger charge is -2.10. The number of aryl methyl sites for hydroxylation is 1. The predicted molar refractivity (Wildman–Crippen MR) is 113 cm³/mol. The summed E-state index contributed by atoms with van der Waals surface area (Å²) in [5, 5.41) is 6.02. The molecule has 0 aliphatic rings. The van der Waals surface area contributed by atoms with E-state index in [1.165, 1.54) is 6.20 Å². The largest absolute Gasteiger partial charge is 0.493 e. The first-order valence-corrected chi connectivity index (χ1v) is 9.24. The molecule has 1 amide bonds. The zero-order chi connectivity index (χ0) is 20.6. The zero-order valence-corrected chi connectivity index (χ0v) is 16.7. The minimum atomic E-state index is -0.292. The highest BCUT2D eigenvalue weighted by Crippen LogP contribution is 2.27. The summed E-state index contributed by atoms with van der Waals surface area (Å²) >= 11 is 0. The smallest absolute Gasteiger partial charge is 0.275 e. The van der Waals surface area contributed by atoms with Crippen molar-refractivity contribution < 1.29 is 14.3 Å². The molecule has 0 unspecified atom stereocenters. The van der Waals surface area contributed by atoms with Crippen LogP contribution in [-0.4, -0.2) is 36.6 Å². The van der Waals surface area contributed by atoms with Gasteiger partial charge < -0.3 is 20.1 Å². The molecule has 150 valence electrons. The summed E-state index contributed by atoms with van der Waals surface area (Å²) in [7, 11) is 3.23. The highest BCUT2D eigenvalue weighted by molar-refractivity contribution is 6.02. The van der Waals surface area contributed by atoms with E-state index < -0.39 is 0 Å². The molecule has 0 bridgehead atoms. The average Bonchev–Trinajstić information content (AvgIpc) is 2.74. The first-order chi connectivity index (χ1) is 14.1. The second-order valence-corrected chi connectivity index (χ2v) is 6.48. The molecule has 29 heavy (non-hydrogen) atoms. The van der Waals surface area contributed by atoms with E-state index in [0.717, 1.165) is 23.2 Å². The molecule has 3 rings (SSSR count). The summed E-state index contributed by atoms with van der Waals surface area (Å²) in [5.41, 5.74) is 3.17. The third-order valence-corrected chi connectivity index (χ3v) is 4.33. The van der Waals surface area contributed by atoms with Crippen LogP contribution in [-0.2, 0) is 6.42 Å². The second kappa shape index (κ2) is 9.54. The molecule has 0 saturated carbocycles. The van der Waals surface area contributed by atoms with Crippen LogP contribution >= 0.6 is 0 Å². The topological polar surface area (TPSA) is 85.4 Å². The Bertz CT molecular complexity index is 974. The SMILES string of the molecule is COc1ccc(CCNc2cnc(C(=O)Nc3cccc(C)c3)cn2)cc1OC.